The van der Waals surface area contributed by atoms with E-state index in [4.69, 9.17) is 8.85 Å². The van der Waals surface area contributed by atoms with Gasteiger partial charge in [0.15, 0.2) is 16.6 Å². The molecule has 0 bridgehead atoms. The van der Waals surface area contributed by atoms with E-state index in [1.807, 2.05) is 0 Å². The van der Waals surface area contributed by atoms with Crippen molar-refractivity contribution in [1.29, 1.82) is 0 Å². The van der Waals surface area contributed by atoms with Gasteiger partial charge in [-0.3, -0.25) is 0 Å². The summed E-state index contributed by atoms with van der Waals surface area (Å²) >= 11 is 0. The minimum Gasteiger partial charge on any atom is -0.413 e. The highest BCUT2D eigenvalue weighted by Gasteiger charge is 2.41. The average molecular weight is 429 g/mol. The summed E-state index contributed by atoms with van der Waals surface area (Å²) in [6, 6.07) is 0. The Hall–Kier alpha value is -0.206. The average Bonchev–Trinajstić information content (AvgIpc) is 2.49. The third-order valence-corrected chi connectivity index (χ3v) is 15.8. The topological polar surface area (TPSA) is 38.7 Å². The maximum atomic E-state index is 10.6. The summed E-state index contributed by atoms with van der Waals surface area (Å²) in [5.41, 5.74) is 1.15. The van der Waals surface area contributed by atoms with Crippen LogP contribution in [0, 0.1) is 5.92 Å². The van der Waals surface area contributed by atoms with Gasteiger partial charge in [0.1, 0.15) is 0 Å². The Balaban J connectivity index is 5.57. The summed E-state index contributed by atoms with van der Waals surface area (Å²) in [4.78, 5) is 0. The molecule has 0 radical (unpaired) electrons. The van der Waals surface area contributed by atoms with E-state index in [1.165, 1.54) is 0 Å². The molecule has 28 heavy (non-hydrogen) atoms. The van der Waals surface area contributed by atoms with Crippen LogP contribution in [0.4, 0.5) is 0 Å². The van der Waals surface area contributed by atoms with Crippen molar-refractivity contribution in [3.8, 4) is 0 Å². The molecule has 0 unspecified atom stereocenters. The molecule has 0 saturated heterocycles. The molecule has 0 aliphatic heterocycles. The van der Waals surface area contributed by atoms with E-state index in [9.17, 15) is 5.11 Å². The van der Waals surface area contributed by atoms with E-state index in [1.54, 1.807) is 6.08 Å². The van der Waals surface area contributed by atoms with Gasteiger partial charge in [0.2, 0.25) is 0 Å². The van der Waals surface area contributed by atoms with Crippen molar-refractivity contribution >= 4 is 16.6 Å². The summed E-state index contributed by atoms with van der Waals surface area (Å²) in [5, 5.41) is 10.9. The molecule has 0 rings (SSSR count). The van der Waals surface area contributed by atoms with Crippen molar-refractivity contribution < 1.29 is 14.0 Å². The van der Waals surface area contributed by atoms with Crippen molar-refractivity contribution in [2.45, 2.75) is 110 Å². The molecule has 3 atom stereocenters. The molecule has 0 aromatic rings. The van der Waals surface area contributed by atoms with Gasteiger partial charge in [-0.1, -0.05) is 60.6 Å². The number of hydrogen-bond donors (Lipinski definition) is 1. The normalized spacial score (nSPS) is 18.0. The van der Waals surface area contributed by atoms with Gasteiger partial charge in [0, 0.05) is 5.92 Å². The summed E-state index contributed by atoms with van der Waals surface area (Å²) in [5.74, 6) is -0.00348. The second-order valence-electron chi connectivity index (χ2n) is 11.3. The Morgan fingerprint density at radius 3 is 1.86 bits per heavy atom. The molecule has 0 fully saturated rings. The summed E-state index contributed by atoms with van der Waals surface area (Å²) < 4.78 is 13.1. The summed E-state index contributed by atoms with van der Waals surface area (Å²) in [6.07, 6.45) is 3.95. The summed E-state index contributed by atoms with van der Waals surface area (Å²) in [6.45, 7) is 31.2. The minimum absolute atomic E-state index is 0.00348. The van der Waals surface area contributed by atoms with Gasteiger partial charge in [0.25, 0.3) is 0 Å². The molecule has 0 aromatic heterocycles. The zero-order valence-electron chi connectivity index (χ0n) is 20.8. The van der Waals surface area contributed by atoms with E-state index >= 15 is 0 Å². The van der Waals surface area contributed by atoms with Gasteiger partial charge in [-0.25, -0.2) is 0 Å². The lowest BCUT2D eigenvalue weighted by Crippen LogP contribution is -2.47. The molecule has 0 saturated carbocycles. The number of rotatable bonds is 10. The molecule has 0 aliphatic rings. The number of aliphatic hydroxyl groups excluding tert-OH is 1. The molecule has 0 amide bonds. The number of aliphatic hydroxyl groups is 1. The lowest BCUT2D eigenvalue weighted by atomic mass is 9.91. The number of hydrogen-bond acceptors (Lipinski definition) is 3. The van der Waals surface area contributed by atoms with E-state index < -0.39 is 22.7 Å². The van der Waals surface area contributed by atoms with Gasteiger partial charge in [-0.05, 0) is 55.2 Å². The highest BCUT2D eigenvalue weighted by molar-refractivity contribution is 6.74. The fourth-order valence-corrected chi connectivity index (χ4v) is 4.73. The van der Waals surface area contributed by atoms with Crippen LogP contribution in [0.15, 0.2) is 24.3 Å². The Morgan fingerprint density at radius 2 is 1.46 bits per heavy atom. The van der Waals surface area contributed by atoms with Crippen LogP contribution in [-0.4, -0.2) is 40.6 Å². The first-order valence-corrected chi connectivity index (χ1v) is 16.5. The van der Waals surface area contributed by atoms with Gasteiger partial charge in [0.05, 0.1) is 18.8 Å². The third kappa shape index (κ3) is 7.90. The molecular formula is C23H48O3Si2. The first-order valence-electron chi connectivity index (χ1n) is 10.6. The second kappa shape index (κ2) is 10.2. The molecule has 0 aromatic carbocycles. The predicted octanol–water partition coefficient (Wildman–Crippen LogP) is 6.92. The van der Waals surface area contributed by atoms with Crippen molar-refractivity contribution in [3.63, 3.8) is 0 Å². The van der Waals surface area contributed by atoms with Crippen molar-refractivity contribution in [1.82, 2.24) is 0 Å². The van der Waals surface area contributed by atoms with Crippen LogP contribution in [0.3, 0.4) is 0 Å². The largest absolute Gasteiger partial charge is 0.413 e. The standard InChI is InChI=1S/C23H48O3Si2/c1-14-15-20(24)19(3)21(26-28(12,13)23(7,8)9)18(2)16-17-25-27(10,11)22(4,5)6/h14,16,19-21,24H,1,15,17H2,2-13H3/b18-16-/t19-,20-,21-/m0/s1. The Morgan fingerprint density at radius 1 is 1.00 bits per heavy atom. The maximum absolute atomic E-state index is 10.6. The van der Waals surface area contributed by atoms with Crippen molar-refractivity contribution in [2.75, 3.05) is 6.61 Å². The first-order chi connectivity index (χ1) is 12.4. The Labute approximate surface area is 177 Å². The Kier molecular flexibility index (Phi) is 10.1. The van der Waals surface area contributed by atoms with Crippen molar-refractivity contribution in [3.05, 3.63) is 24.3 Å². The lowest BCUT2D eigenvalue weighted by Gasteiger charge is -2.42. The fraction of sp³-hybridized carbons (Fsp3) is 0.826. The minimum atomic E-state index is -1.98. The zero-order valence-corrected chi connectivity index (χ0v) is 22.8. The maximum Gasteiger partial charge on any atom is 0.192 e. The van der Waals surface area contributed by atoms with Crippen LogP contribution in [0.25, 0.3) is 0 Å². The fourth-order valence-electron chi connectivity index (χ4n) is 2.41. The van der Waals surface area contributed by atoms with Crippen LogP contribution < -0.4 is 0 Å². The van der Waals surface area contributed by atoms with Crippen LogP contribution in [0.5, 0.6) is 0 Å². The predicted molar refractivity (Wildman–Crippen MR) is 129 cm³/mol. The highest BCUT2D eigenvalue weighted by Crippen LogP contribution is 2.40. The Bertz CT molecular complexity index is 525. The first kappa shape index (κ1) is 27.8. The van der Waals surface area contributed by atoms with Crippen LogP contribution in [-0.2, 0) is 8.85 Å². The lowest BCUT2D eigenvalue weighted by molar-refractivity contribution is 0.0467. The van der Waals surface area contributed by atoms with E-state index in [2.05, 4.69) is 94.2 Å². The molecule has 1 N–H and O–H groups in total. The second-order valence-corrected chi connectivity index (χ2v) is 20.8. The molecule has 166 valence electrons. The molecule has 0 aliphatic carbocycles. The third-order valence-electron chi connectivity index (χ3n) is 6.82. The molecule has 5 heteroatoms. The van der Waals surface area contributed by atoms with E-state index in [0.717, 1.165) is 5.57 Å². The van der Waals surface area contributed by atoms with Crippen LogP contribution in [0.2, 0.25) is 36.3 Å². The van der Waals surface area contributed by atoms with Crippen molar-refractivity contribution in [2.24, 2.45) is 5.92 Å². The molecule has 3 nitrogen and oxygen atoms in total. The molecule has 0 spiro atoms. The zero-order chi connectivity index (χ0) is 22.6. The van der Waals surface area contributed by atoms with Crippen LogP contribution >= 0.6 is 0 Å². The smallest absolute Gasteiger partial charge is 0.192 e. The van der Waals surface area contributed by atoms with Gasteiger partial charge in [-0.2, -0.15) is 0 Å². The van der Waals surface area contributed by atoms with Gasteiger partial charge in [-0.15, -0.1) is 6.58 Å². The van der Waals surface area contributed by atoms with E-state index in [-0.39, 0.29) is 22.1 Å². The highest BCUT2D eigenvalue weighted by atomic mass is 28.4. The monoisotopic (exact) mass is 428 g/mol. The molecule has 0 heterocycles. The van der Waals surface area contributed by atoms with E-state index in [0.29, 0.717) is 13.0 Å². The van der Waals surface area contributed by atoms with Gasteiger partial charge >= 0.3 is 0 Å². The van der Waals surface area contributed by atoms with Gasteiger partial charge < -0.3 is 14.0 Å². The molecular weight excluding hydrogens is 380 g/mol. The van der Waals surface area contributed by atoms with Crippen LogP contribution in [0.1, 0.15) is 61.8 Å². The summed E-state index contributed by atoms with van der Waals surface area (Å²) in [7, 11) is -3.76. The quantitative estimate of drug-likeness (QED) is 0.303. The SMILES string of the molecule is C=CC[C@H](O)[C@H](C)[C@@H](O[Si](C)(C)C(C)(C)C)/C(C)=C\CO[Si](C)(C)C(C)(C)C.